The third kappa shape index (κ3) is 3.86. The minimum absolute atomic E-state index is 0.266. The Hall–Kier alpha value is -3.20. The van der Waals surface area contributed by atoms with Crippen LogP contribution in [-0.2, 0) is 16.4 Å². The van der Waals surface area contributed by atoms with E-state index in [-0.39, 0.29) is 5.91 Å². The van der Waals surface area contributed by atoms with Crippen molar-refractivity contribution in [3.8, 4) is 5.82 Å². The zero-order valence-corrected chi connectivity index (χ0v) is 17.0. The number of fused-ring (bicyclic) bond motifs is 1. The van der Waals surface area contributed by atoms with Crippen molar-refractivity contribution in [2.24, 2.45) is 0 Å². The summed E-state index contributed by atoms with van der Waals surface area (Å²) in [5, 5.41) is 2.84. The van der Waals surface area contributed by atoms with Gasteiger partial charge in [-0.05, 0) is 55.7 Å². The van der Waals surface area contributed by atoms with E-state index in [1.165, 1.54) is 10.6 Å². The maximum absolute atomic E-state index is 12.7. The lowest BCUT2D eigenvalue weighted by Gasteiger charge is -2.29. The van der Waals surface area contributed by atoms with Gasteiger partial charge in [-0.3, -0.25) is 13.7 Å². The van der Waals surface area contributed by atoms with Gasteiger partial charge in [-0.25, -0.2) is 18.4 Å². The molecule has 0 saturated carbocycles. The van der Waals surface area contributed by atoms with E-state index in [4.69, 9.17) is 0 Å². The van der Waals surface area contributed by atoms with Crippen molar-refractivity contribution < 1.29 is 13.2 Å². The van der Waals surface area contributed by atoms with Gasteiger partial charge in [0.2, 0.25) is 10.0 Å². The molecule has 8 nitrogen and oxygen atoms in total. The highest BCUT2D eigenvalue weighted by molar-refractivity contribution is 7.92. The zero-order valence-electron chi connectivity index (χ0n) is 16.2. The van der Waals surface area contributed by atoms with Crippen LogP contribution in [0.15, 0.2) is 48.9 Å². The zero-order chi connectivity index (χ0) is 20.6. The second kappa shape index (κ2) is 7.32. The largest absolute Gasteiger partial charge is 0.321 e. The van der Waals surface area contributed by atoms with Gasteiger partial charge in [-0.1, -0.05) is 0 Å². The fourth-order valence-corrected chi connectivity index (χ4v) is 4.47. The van der Waals surface area contributed by atoms with Gasteiger partial charge in [0.1, 0.15) is 11.6 Å². The van der Waals surface area contributed by atoms with Gasteiger partial charge >= 0.3 is 0 Å². The minimum Gasteiger partial charge on any atom is -0.321 e. The first-order valence-corrected chi connectivity index (χ1v) is 11.1. The molecule has 0 fully saturated rings. The van der Waals surface area contributed by atoms with Crippen molar-refractivity contribution in [3.63, 3.8) is 0 Å². The molecule has 0 radical (unpaired) electrons. The van der Waals surface area contributed by atoms with E-state index in [1.54, 1.807) is 42.7 Å². The SMILES string of the molecule is Cc1nccn1-c1ccc(NC(=O)c2ccc3c(c2)CCCN3S(C)(=O)=O)cn1. The number of sulfonamides is 1. The molecule has 2 aromatic heterocycles. The number of hydrogen-bond acceptors (Lipinski definition) is 5. The first kappa shape index (κ1) is 19.1. The second-order valence-electron chi connectivity index (χ2n) is 6.99. The van der Waals surface area contributed by atoms with Crippen LogP contribution in [-0.4, -0.2) is 41.7 Å². The molecule has 3 heterocycles. The van der Waals surface area contributed by atoms with Crippen molar-refractivity contribution in [1.29, 1.82) is 0 Å². The monoisotopic (exact) mass is 411 g/mol. The van der Waals surface area contributed by atoms with Crippen molar-refractivity contribution in [2.75, 3.05) is 22.4 Å². The Balaban J connectivity index is 1.53. The molecular weight excluding hydrogens is 390 g/mol. The van der Waals surface area contributed by atoms with Gasteiger partial charge in [0.05, 0.1) is 23.8 Å². The third-order valence-electron chi connectivity index (χ3n) is 4.90. The van der Waals surface area contributed by atoms with Crippen LogP contribution in [0.3, 0.4) is 0 Å². The van der Waals surface area contributed by atoms with Crippen LogP contribution >= 0.6 is 0 Å². The van der Waals surface area contributed by atoms with Gasteiger partial charge in [0.15, 0.2) is 0 Å². The number of imidazole rings is 1. The van der Waals surface area contributed by atoms with Crippen LogP contribution in [0.1, 0.15) is 28.2 Å². The molecule has 4 rings (SSSR count). The smallest absolute Gasteiger partial charge is 0.255 e. The molecule has 150 valence electrons. The Morgan fingerprint density at radius 3 is 2.66 bits per heavy atom. The van der Waals surface area contributed by atoms with Gasteiger partial charge in [0, 0.05) is 24.5 Å². The molecule has 3 aromatic rings. The molecule has 9 heteroatoms. The standard InChI is InChI=1S/C20H21N5O3S/c1-14-21-9-11-24(14)19-8-6-17(13-22-19)23-20(26)16-5-7-18-15(12-16)4-3-10-25(18)29(2,27)28/h5-9,11-13H,3-4,10H2,1-2H3,(H,23,26). The highest BCUT2D eigenvalue weighted by Gasteiger charge is 2.24. The molecule has 0 atom stereocenters. The van der Waals surface area contributed by atoms with Gasteiger partial charge in [-0.15, -0.1) is 0 Å². The Labute approximate surface area is 169 Å². The molecule has 1 aliphatic rings. The van der Waals surface area contributed by atoms with Crippen LogP contribution in [0.5, 0.6) is 0 Å². The maximum atomic E-state index is 12.7. The molecule has 1 amide bonds. The third-order valence-corrected chi connectivity index (χ3v) is 6.08. The molecule has 1 aliphatic heterocycles. The van der Waals surface area contributed by atoms with E-state index in [2.05, 4.69) is 15.3 Å². The second-order valence-corrected chi connectivity index (χ2v) is 8.89. The van der Waals surface area contributed by atoms with E-state index >= 15 is 0 Å². The Bertz CT molecular complexity index is 1170. The predicted octanol–water partition coefficient (Wildman–Crippen LogP) is 2.54. The number of carbonyl (C=O) groups is 1. The summed E-state index contributed by atoms with van der Waals surface area (Å²) < 4.78 is 27.2. The molecule has 0 aliphatic carbocycles. The summed E-state index contributed by atoms with van der Waals surface area (Å²) >= 11 is 0. The number of hydrogen-bond donors (Lipinski definition) is 1. The van der Waals surface area contributed by atoms with Crippen LogP contribution in [0, 0.1) is 6.92 Å². The fourth-order valence-electron chi connectivity index (χ4n) is 3.47. The number of anilines is 2. The molecule has 29 heavy (non-hydrogen) atoms. The summed E-state index contributed by atoms with van der Waals surface area (Å²) in [6, 6.07) is 8.70. The van der Waals surface area contributed by atoms with E-state index in [0.29, 0.717) is 29.3 Å². The number of aromatic nitrogens is 3. The van der Waals surface area contributed by atoms with Crippen LogP contribution < -0.4 is 9.62 Å². The van der Waals surface area contributed by atoms with E-state index < -0.39 is 10.0 Å². The highest BCUT2D eigenvalue weighted by Crippen LogP contribution is 2.30. The summed E-state index contributed by atoms with van der Waals surface area (Å²) in [4.78, 5) is 21.2. The maximum Gasteiger partial charge on any atom is 0.255 e. The molecule has 1 aromatic carbocycles. The van der Waals surface area contributed by atoms with Crippen molar-refractivity contribution in [1.82, 2.24) is 14.5 Å². The topological polar surface area (TPSA) is 97.2 Å². The van der Waals surface area contributed by atoms with Gasteiger partial charge in [-0.2, -0.15) is 0 Å². The first-order valence-electron chi connectivity index (χ1n) is 9.21. The molecule has 0 bridgehead atoms. The summed E-state index contributed by atoms with van der Waals surface area (Å²) in [5.41, 5.74) is 2.57. The molecular formula is C20H21N5O3S. The fraction of sp³-hybridized carbons (Fsp3) is 0.250. The Morgan fingerprint density at radius 1 is 1.17 bits per heavy atom. The highest BCUT2D eigenvalue weighted by atomic mass is 32.2. The number of carbonyl (C=O) groups excluding carboxylic acids is 1. The quantitative estimate of drug-likeness (QED) is 0.712. The number of nitrogens with zero attached hydrogens (tertiary/aromatic N) is 4. The van der Waals surface area contributed by atoms with E-state index in [1.807, 2.05) is 17.7 Å². The summed E-state index contributed by atoms with van der Waals surface area (Å²) in [7, 11) is -3.33. The van der Waals surface area contributed by atoms with Crippen LogP contribution in [0.2, 0.25) is 0 Å². The normalized spacial score (nSPS) is 13.8. The lowest BCUT2D eigenvalue weighted by Crippen LogP contribution is -2.34. The molecule has 1 N–H and O–H groups in total. The number of rotatable bonds is 4. The summed E-state index contributed by atoms with van der Waals surface area (Å²) in [5.74, 6) is 1.27. The first-order chi connectivity index (χ1) is 13.8. The molecule has 0 unspecified atom stereocenters. The number of pyridine rings is 1. The van der Waals surface area contributed by atoms with Crippen LogP contribution in [0.4, 0.5) is 11.4 Å². The Morgan fingerprint density at radius 2 is 2.00 bits per heavy atom. The van der Waals surface area contributed by atoms with Gasteiger partial charge in [0.25, 0.3) is 5.91 Å². The lowest BCUT2D eigenvalue weighted by atomic mass is 10.0. The number of amides is 1. The lowest BCUT2D eigenvalue weighted by molar-refractivity contribution is 0.102. The molecule has 0 saturated heterocycles. The van der Waals surface area contributed by atoms with Crippen molar-refractivity contribution >= 4 is 27.3 Å². The predicted molar refractivity (Wildman–Crippen MR) is 111 cm³/mol. The van der Waals surface area contributed by atoms with E-state index in [0.717, 1.165) is 24.2 Å². The number of aryl methyl sites for hydroxylation is 2. The summed E-state index contributed by atoms with van der Waals surface area (Å²) in [6.45, 7) is 2.35. The Kier molecular flexibility index (Phi) is 4.83. The van der Waals surface area contributed by atoms with Crippen LogP contribution in [0.25, 0.3) is 5.82 Å². The number of benzene rings is 1. The minimum atomic E-state index is -3.33. The van der Waals surface area contributed by atoms with Crippen molar-refractivity contribution in [3.05, 3.63) is 65.9 Å². The number of nitrogens with one attached hydrogen (secondary N) is 1. The summed E-state index contributed by atoms with van der Waals surface area (Å²) in [6.07, 6.45) is 7.78. The average molecular weight is 411 g/mol. The van der Waals surface area contributed by atoms with E-state index in [9.17, 15) is 13.2 Å². The van der Waals surface area contributed by atoms with Crippen molar-refractivity contribution in [2.45, 2.75) is 19.8 Å². The average Bonchev–Trinajstić information content (AvgIpc) is 3.13. The molecule has 0 spiro atoms. The van der Waals surface area contributed by atoms with Gasteiger partial charge < -0.3 is 5.32 Å².